The Balaban J connectivity index is 1.54. The van der Waals surface area contributed by atoms with E-state index in [-0.39, 0.29) is 12.5 Å². The second-order valence-corrected chi connectivity index (χ2v) is 7.60. The Morgan fingerprint density at radius 3 is 2.42 bits per heavy atom. The van der Waals surface area contributed by atoms with Crippen molar-refractivity contribution in [2.75, 3.05) is 23.6 Å². The fraction of sp³-hybridized carbons (Fsp3) is 0.154. The number of carbonyl (C=O) groups excluding carboxylic acids is 2. The van der Waals surface area contributed by atoms with Crippen LogP contribution in [0.4, 0.5) is 11.4 Å². The molecular weight excluding hydrogens is 420 g/mol. The first-order valence-corrected chi connectivity index (χ1v) is 10.7. The molecule has 2 aliphatic heterocycles. The van der Waals surface area contributed by atoms with Crippen LogP contribution in [-0.2, 0) is 9.59 Å². The highest BCUT2D eigenvalue weighted by molar-refractivity contribution is 6.46. The van der Waals surface area contributed by atoms with Crippen molar-refractivity contribution in [3.05, 3.63) is 84.1 Å². The van der Waals surface area contributed by atoms with Crippen LogP contribution in [0.5, 0.6) is 17.2 Å². The molecule has 1 N–H and O–H groups in total. The van der Waals surface area contributed by atoms with Gasteiger partial charge in [-0.1, -0.05) is 37.3 Å². The number of carbonyl (C=O) groups is 2. The maximum absolute atomic E-state index is 13.5. The maximum atomic E-state index is 13.5. The minimum atomic E-state index is -0.426. The predicted octanol–water partition coefficient (Wildman–Crippen LogP) is 4.60. The molecule has 7 heteroatoms. The third-order valence-electron chi connectivity index (χ3n) is 5.36. The number of anilines is 2. The lowest BCUT2D eigenvalue weighted by molar-refractivity contribution is -0.120. The van der Waals surface area contributed by atoms with E-state index in [1.807, 2.05) is 13.0 Å². The van der Waals surface area contributed by atoms with Crippen LogP contribution in [0.2, 0.25) is 0 Å². The number of hydrogen-bond acceptors (Lipinski definition) is 6. The van der Waals surface area contributed by atoms with Crippen molar-refractivity contribution in [1.29, 1.82) is 0 Å². The van der Waals surface area contributed by atoms with Crippen LogP contribution in [-0.4, -0.2) is 25.2 Å². The average Bonchev–Trinajstić information content (AvgIpc) is 3.40. The molecule has 0 saturated carbocycles. The SMILES string of the molecule is CCCOc1ccc(C2=C(Nc3ccc4c(c3)OCO4)C(=O)N(c3ccccc3)C2=O)cc1. The molecule has 0 saturated heterocycles. The number of para-hydroxylation sites is 1. The summed E-state index contributed by atoms with van der Waals surface area (Å²) in [5.41, 5.74) is 2.24. The number of nitrogens with zero attached hydrogens (tertiary/aromatic N) is 1. The highest BCUT2D eigenvalue weighted by Crippen LogP contribution is 2.37. The number of nitrogens with one attached hydrogen (secondary N) is 1. The Bertz CT molecular complexity index is 1240. The molecule has 0 fully saturated rings. The zero-order chi connectivity index (χ0) is 22.8. The van der Waals surface area contributed by atoms with E-state index in [4.69, 9.17) is 14.2 Å². The van der Waals surface area contributed by atoms with Gasteiger partial charge in [0.25, 0.3) is 11.8 Å². The summed E-state index contributed by atoms with van der Waals surface area (Å²) in [5.74, 6) is 1.11. The van der Waals surface area contributed by atoms with Crippen molar-refractivity contribution < 1.29 is 23.8 Å². The van der Waals surface area contributed by atoms with Gasteiger partial charge in [0.1, 0.15) is 11.4 Å². The fourth-order valence-corrected chi connectivity index (χ4v) is 3.78. The van der Waals surface area contributed by atoms with Gasteiger partial charge in [0.05, 0.1) is 17.9 Å². The number of rotatable bonds is 7. The van der Waals surface area contributed by atoms with Crippen LogP contribution in [0.15, 0.2) is 78.5 Å². The topological polar surface area (TPSA) is 77.1 Å². The van der Waals surface area contributed by atoms with Crippen LogP contribution in [0.25, 0.3) is 5.57 Å². The Morgan fingerprint density at radius 1 is 0.909 bits per heavy atom. The largest absolute Gasteiger partial charge is 0.494 e. The standard InChI is InChI=1S/C26H22N2O5/c1-2-14-31-20-11-8-17(9-12-20)23-24(27-18-10-13-21-22(15-18)33-16-32-21)26(30)28(25(23)29)19-6-4-3-5-7-19/h3-13,15,27H,2,14,16H2,1H3. The molecule has 0 unspecified atom stereocenters. The lowest BCUT2D eigenvalue weighted by Gasteiger charge is -2.15. The minimum absolute atomic E-state index is 0.151. The Morgan fingerprint density at radius 2 is 1.67 bits per heavy atom. The molecule has 0 aliphatic carbocycles. The lowest BCUT2D eigenvalue weighted by atomic mass is 10.0. The van der Waals surface area contributed by atoms with E-state index in [1.54, 1.807) is 66.7 Å². The van der Waals surface area contributed by atoms with Crippen LogP contribution in [0.3, 0.4) is 0 Å². The number of imide groups is 1. The summed E-state index contributed by atoms with van der Waals surface area (Å²) in [6, 6.07) is 21.4. The second-order valence-electron chi connectivity index (χ2n) is 7.60. The molecule has 0 atom stereocenters. The van der Waals surface area contributed by atoms with Gasteiger partial charge in [-0.25, -0.2) is 4.90 Å². The summed E-state index contributed by atoms with van der Waals surface area (Å²) in [6.45, 7) is 2.80. The molecule has 0 spiro atoms. The summed E-state index contributed by atoms with van der Waals surface area (Å²) in [7, 11) is 0. The smallest absolute Gasteiger partial charge is 0.282 e. The summed E-state index contributed by atoms with van der Waals surface area (Å²) in [4.78, 5) is 28.1. The second kappa shape index (κ2) is 8.70. The monoisotopic (exact) mass is 442 g/mol. The van der Waals surface area contributed by atoms with Gasteiger partial charge in [-0.3, -0.25) is 9.59 Å². The Kier molecular flexibility index (Phi) is 5.44. The van der Waals surface area contributed by atoms with Gasteiger partial charge in [-0.05, 0) is 48.4 Å². The number of amides is 2. The molecule has 166 valence electrons. The Hall–Kier alpha value is -4.26. The summed E-state index contributed by atoms with van der Waals surface area (Å²) >= 11 is 0. The molecule has 0 bridgehead atoms. The first-order valence-electron chi connectivity index (χ1n) is 10.7. The molecule has 2 aliphatic rings. The van der Waals surface area contributed by atoms with Gasteiger partial charge >= 0.3 is 0 Å². The molecule has 3 aromatic rings. The van der Waals surface area contributed by atoms with E-state index in [0.29, 0.717) is 46.4 Å². The van der Waals surface area contributed by atoms with Gasteiger partial charge in [0, 0.05) is 11.8 Å². The van der Waals surface area contributed by atoms with E-state index < -0.39 is 11.8 Å². The van der Waals surface area contributed by atoms with Crippen LogP contribution in [0.1, 0.15) is 18.9 Å². The normalized spacial score (nSPS) is 14.8. The zero-order valence-corrected chi connectivity index (χ0v) is 18.0. The van der Waals surface area contributed by atoms with Gasteiger partial charge in [-0.2, -0.15) is 0 Å². The molecule has 0 radical (unpaired) electrons. The van der Waals surface area contributed by atoms with Crippen molar-refractivity contribution in [2.24, 2.45) is 0 Å². The zero-order valence-electron chi connectivity index (χ0n) is 18.0. The highest BCUT2D eigenvalue weighted by atomic mass is 16.7. The van der Waals surface area contributed by atoms with Crippen molar-refractivity contribution in [3.8, 4) is 17.2 Å². The minimum Gasteiger partial charge on any atom is -0.494 e. The van der Waals surface area contributed by atoms with E-state index in [0.717, 1.165) is 6.42 Å². The van der Waals surface area contributed by atoms with Crippen LogP contribution in [0, 0.1) is 0 Å². The number of ether oxygens (including phenoxy) is 3. The van der Waals surface area contributed by atoms with Gasteiger partial charge in [0.15, 0.2) is 11.5 Å². The van der Waals surface area contributed by atoms with Crippen molar-refractivity contribution in [2.45, 2.75) is 13.3 Å². The average molecular weight is 442 g/mol. The molecule has 2 heterocycles. The summed E-state index contributed by atoms with van der Waals surface area (Å²) in [5, 5.41) is 3.15. The van der Waals surface area contributed by atoms with Gasteiger partial charge in [0.2, 0.25) is 6.79 Å². The summed E-state index contributed by atoms with van der Waals surface area (Å²) in [6.07, 6.45) is 0.898. The number of benzene rings is 3. The van der Waals surface area contributed by atoms with Gasteiger partial charge < -0.3 is 19.5 Å². The molecule has 2 amide bonds. The Labute approximate surface area is 191 Å². The van der Waals surface area contributed by atoms with Gasteiger partial charge in [-0.15, -0.1) is 0 Å². The number of fused-ring (bicyclic) bond motifs is 1. The van der Waals surface area contributed by atoms with E-state index >= 15 is 0 Å². The van der Waals surface area contributed by atoms with E-state index in [2.05, 4.69) is 5.32 Å². The third-order valence-corrected chi connectivity index (χ3v) is 5.36. The van der Waals surface area contributed by atoms with Crippen molar-refractivity contribution in [1.82, 2.24) is 0 Å². The quantitative estimate of drug-likeness (QED) is 0.539. The number of hydrogen-bond donors (Lipinski definition) is 1. The first-order chi connectivity index (χ1) is 16.2. The molecule has 7 nitrogen and oxygen atoms in total. The van der Waals surface area contributed by atoms with Crippen molar-refractivity contribution in [3.63, 3.8) is 0 Å². The van der Waals surface area contributed by atoms with Crippen molar-refractivity contribution >= 4 is 28.8 Å². The van der Waals surface area contributed by atoms with Crippen LogP contribution >= 0.6 is 0 Å². The molecule has 5 rings (SSSR count). The molecule has 33 heavy (non-hydrogen) atoms. The maximum Gasteiger partial charge on any atom is 0.282 e. The highest BCUT2D eigenvalue weighted by Gasteiger charge is 2.40. The first kappa shape index (κ1) is 20.6. The van der Waals surface area contributed by atoms with E-state index in [1.165, 1.54) is 4.90 Å². The predicted molar refractivity (Wildman–Crippen MR) is 124 cm³/mol. The lowest BCUT2D eigenvalue weighted by Crippen LogP contribution is -2.32. The fourth-order valence-electron chi connectivity index (χ4n) is 3.78. The molecule has 3 aromatic carbocycles. The molecular formula is C26H22N2O5. The summed E-state index contributed by atoms with van der Waals surface area (Å²) < 4.78 is 16.5. The van der Waals surface area contributed by atoms with Crippen LogP contribution < -0.4 is 24.4 Å². The van der Waals surface area contributed by atoms with E-state index in [9.17, 15) is 9.59 Å². The third kappa shape index (κ3) is 3.89. The molecule has 0 aromatic heterocycles.